The van der Waals surface area contributed by atoms with Crippen LogP contribution in [-0.4, -0.2) is 52.8 Å². The number of aryl methyl sites for hydroxylation is 1. The Kier molecular flexibility index (Phi) is 4.60. The van der Waals surface area contributed by atoms with Crippen LogP contribution >= 0.6 is 22.7 Å². The van der Waals surface area contributed by atoms with E-state index >= 15 is 0 Å². The minimum atomic E-state index is -0.133. The molecule has 0 atom stereocenters. The molecular weight excluding hydrogens is 370 g/mol. The van der Waals surface area contributed by atoms with Gasteiger partial charge in [0.1, 0.15) is 10.7 Å². The summed E-state index contributed by atoms with van der Waals surface area (Å²) in [5.74, 6) is 0.122. The third-order valence-electron chi connectivity index (χ3n) is 4.26. The summed E-state index contributed by atoms with van der Waals surface area (Å²) in [5, 5.41) is 2.69. The van der Waals surface area contributed by atoms with Crippen molar-refractivity contribution in [3.63, 3.8) is 0 Å². The minimum absolute atomic E-state index is 0.0779. The van der Waals surface area contributed by atoms with E-state index in [-0.39, 0.29) is 11.8 Å². The minimum Gasteiger partial charge on any atom is -0.459 e. The molecule has 0 radical (unpaired) electrons. The second kappa shape index (κ2) is 7.05. The Morgan fingerprint density at radius 3 is 2.42 bits per heavy atom. The lowest BCUT2D eigenvalue weighted by Crippen LogP contribution is -2.50. The molecule has 0 unspecified atom stereocenters. The van der Waals surface area contributed by atoms with Gasteiger partial charge in [-0.2, -0.15) is 0 Å². The van der Waals surface area contributed by atoms with Crippen molar-refractivity contribution in [1.82, 2.24) is 14.8 Å². The Balaban J connectivity index is 1.39. The molecule has 134 valence electrons. The molecule has 1 saturated heterocycles. The number of thiophene rings is 1. The van der Waals surface area contributed by atoms with Gasteiger partial charge in [-0.3, -0.25) is 9.59 Å². The van der Waals surface area contributed by atoms with Crippen molar-refractivity contribution in [3.05, 3.63) is 52.2 Å². The van der Waals surface area contributed by atoms with Gasteiger partial charge in [-0.15, -0.1) is 22.7 Å². The smallest absolute Gasteiger partial charge is 0.289 e. The number of nitrogens with zero attached hydrogens (tertiary/aromatic N) is 3. The van der Waals surface area contributed by atoms with E-state index in [0.717, 1.165) is 9.88 Å². The molecule has 2 amide bonds. The molecular formula is C18H17N3O3S2. The number of thiazole rings is 1. The molecule has 0 bridgehead atoms. The summed E-state index contributed by atoms with van der Waals surface area (Å²) in [6.07, 6.45) is 1.49. The number of furan rings is 1. The van der Waals surface area contributed by atoms with E-state index in [1.165, 1.54) is 22.5 Å². The Labute approximate surface area is 158 Å². The zero-order valence-corrected chi connectivity index (χ0v) is 15.8. The van der Waals surface area contributed by atoms with Crippen LogP contribution in [0.3, 0.4) is 0 Å². The highest BCUT2D eigenvalue weighted by atomic mass is 32.1. The van der Waals surface area contributed by atoms with Crippen LogP contribution in [0.4, 0.5) is 0 Å². The van der Waals surface area contributed by atoms with Crippen LogP contribution in [0.1, 0.15) is 25.9 Å². The molecule has 8 heteroatoms. The van der Waals surface area contributed by atoms with Gasteiger partial charge in [0, 0.05) is 36.4 Å². The van der Waals surface area contributed by atoms with Gasteiger partial charge in [-0.05, 0) is 31.2 Å². The molecule has 4 rings (SSSR count). The standard InChI is InChI=1S/C18H17N3O3S2/c1-12-4-5-15(26-12)16-19-13(11-25-16)17(22)20-6-8-21(9-7-20)18(23)14-3-2-10-24-14/h2-5,10-11H,6-9H2,1H3. The van der Waals surface area contributed by atoms with Gasteiger partial charge in [-0.25, -0.2) is 4.98 Å². The van der Waals surface area contributed by atoms with Crippen LogP contribution in [0, 0.1) is 6.92 Å². The van der Waals surface area contributed by atoms with Gasteiger partial charge >= 0.3 is 0 Å². The lowest BCUT2D eigenvalue weighted by Gasteiger charge is -2.34. The summed E-state index contributed by atoms with van der Waals surface area (Å²) >= 11 is 3.16. The highest BCUT2D eigenvalue weighted by Crippen LogP contribution is 2.30. The average Bonchev–Trinajstić information content (AvgIpc) is 3.41. The zero-order chi connectivity index (χ0) is 18.1. The normalized spacial score (nSPS) is 14.7. The van der Waals surface area contributed by atoms with E-state index in [1.54, 1.807) is 33.3 Å². The van der Waals surface area contributed by atoms with E-state index in [1.807, 2.05) is 11.4 Å². The lowest BCUT2D eigenvalue weighted by molar-refractivity contribution is 0.0515. The predicted octanol–water partition coefficient (Wildman–Crippen LogP) is 3.37. The van der Waals surface area contributed by atoms with Crippen LogP contribution in [0.5, 0.6) is 0 Å². The van der Waals surface area contributed by atoms with Gasteiger partial charge in [0.15, 0.2) is 5.76 Å². The van der Waals surface area contributed by atoms with Crippen LogP contribution < -0.4 is 0 Å². The third-order valence-corrected chi connectivity index (χ3v) is 6.27. The maximum absolute atomic E-state index is 12.7. The first-order valence-electron chi connectivity index (χ1n) is 8.26. The fourth-order valence-electron chi connectivity index (χ4n) is 2.87. The summed E-state index contributed by atoms with van der Waals surface area (Å²) in [4.78, 5) is 35.3. The zero-order valence-electron chi connectivity index (χ0n) is 14.2. The topological polar surface area (TPSA) is 66.7 Å². The second-order valence-corrected chi connectivity index (χ2v) is 8.16. The van der Waals surface area contributed by atoms with E-state index < -0.39 is 0 Å². The maximum atomic E-state index is 12.7. The largest absolute Gasteiger partial charge is 0.459 e. The molecule has 3 aromatic rings. The van der Waals surface area contributed by atoms with E-state index in [0.29, 0.717) is 37.6 Å². The van der Waals surface area contributed by atoms with Crippen molar-refractivity contribution < 1.29 is 14.0 Å². The molecule has 1 aliphatic rings. The first kappa shape index (κ1) is 17.0. The molecule has 0 saturated carbocycles. The molecule has 26 heavy (non-hydrogen) atoms. The van der Waals surface area contributed by atoms with Crippen molar-refractivity contribution in [3.8, 4) is 9.88 Å². The van der Waals surface area contributed by atoms with Gasteiger partial charge in [0.05, 0.1) is 11.1 Å². The highest BCUT2D eigenvalue weighted by molar-refractivity contribution is 7.21. The monoisotopic (exact) mass is 387 g/mol. The first-order chi connectivity index (χ1) is 12.6. The summed E-state index contributed by atoms with van der Waals surface area (Å²) in [5.41, 5.74) is 0.474. The van der Waals surface area contributed by atoms with Gasteiger partial charge < -0.3 is 14.2 Å². The van der Waals surface area contributed by atoms with E-state index in [4.69, 9.17) is 4.42 Å². The maximum Gasteiger partial charge on any atom is 0.289 e. The number of carbonyl (C=O) groups excluding carboxylic acids is 2. The van der Waals surface area contributed by atoms with Crippen LogP contribution in [-0.2, 0) is 0 Å². The summed E-state index contributed by atoms with van der Waals surface area (Å²) < 4.78 is 5.16. The number of rotatable bonds is 3. The Morgan fingerprint density at radius 2 is 1.81 bits per heavy atom. The lowest BCUT2D eigenvalue weighted by atomic mass is 10.2. The number of carbonyl (C=O) groups is 2. The SMILES string of the molecule is Cc1ccc(-c2nc(C(=O)N3CCN(C(=O)c4ccco4)CC3)cs2)s1. The molecule has 1 aliphatic heterocycles. The molecule has 0 N–H and O–H groups in total. The summed E-state index contributed by atoms with van der Waals surface area (Å²) in [7, 11) is 0. The number of hydrogen-bond donors (Lipinski definition) is 0. The molecule has 6 nitrogen and oxygen atoms in total. The van der Waals surface area contributed by atoms with Crippen LogP contribution in [0.2, 0.25) is 0 Å². The number of piperazine rings is 1. The van der Waals surface area contributed by atoms with Gasteiger partial charge in [0.25, 0.3) is 11.8 Å². The predicted molar refractivity (Wildman–Crippen MR) is 101 cm³/mol. The number of aromatic nitrogens is 1. The van der Waals surface area contributed by atoms with E-state index in [9.17, 15) is 9.59 Å². The molecule has 3 aromatic heterocycles. The van der Waals surface area contributed by atoms with Crippen LogP contribution in [0.15, 0.2) is 40.3 Å². The average molecular weight is 387 g/mol. The fraction of sp³-hybridized carbons (Fsp3) is 0.278. The molecule has 0 spiro atoms. The van der Waals surface area contributed by atoms with Crippen molar-refractivity contribution >= 4 is 34.5 Å². The van der Waals surface area contributed by atoms with Gasteiger partial charge in [-0.1, -0.05) is 0 Å². The third kappa shape index (κ3) is 3.30. The first-order valence-corrected chi connectivity index (χ1v) is 9.96. The van der Waals surface area contributed by atoms with Gasteiger partial charge in [0.2, 0.25) is 0 Å². The van der Waals surface area contributed by atoms with Crippen molar-refractivity contribution in [2.75, 3.05) is 26.2 Å². The Morgan fingerprint density at radius 1 is 1.08 bits per heavy atom. The number of amides is 2. The van der Waals surface area contributed by atoms with Crippen molar-refractivity contribution in [1.29, 1.82) is 0 Å². The fourth-order valence-corrected chi connectivity index (χ4v) is 4.60. The molecule has 1 fully saturated rings. The van der Waals surface area contributed by atoms with Crippen LogP contribution in [0.25, 0.3) is 9.88 Å². The molecule has 0 aromatic carbocycles. The Hall–Kier alpha value is -2.45. The van der Waals surface area contributed by atoms with Crippen molar-refractivity contribution in [2.24, 2.45) is 0 Å². The highest BCUT2D eigenvalue weighted by Gasteiger charge is 2.27. The van der Waals surface area contributed by atoms with E-state index in [2.05, 4.69) is 18.0 Å². The second-order valence-electron chi connectivity index (χ2n) is 6.01. The summed E-state index contributed by atoms with van der Waals surface area (Å²) in [6.45, 7) is 4.03. The molecule has 4 heterocycles. The quantitative estimate of drug-likeness (QED) is 0.691. The Bertz CT molecular complexity index is 921. The summed E-state index contributed by atoms with van der Waals surface area (Å²) in [6, 6.07) is 7.44. The molecule has 0 aliphatic carbocycles. The van der Waals surface area contributed by atoms with Crippen molar-refractivity contribution in [2.45, 2.75) is 6.92 Å². The number of hydrogen-bond acceptors (Lipinski definition) is 6.